The molecule has 7 heteroatoms. The molecule has 0 amide bonds. The number of fused-ring (bicyclic) bond motifs is 1. The van der Waals surface area contributed by atoms with Crippen LogP contribution in [0.15, 0.2) is 18.2 Å². The quantitative estimate of drug-likeness (QED) is 0.867. The number of benzene rings is 1. The molecular weight excluding hydrogens is 286 g/mol. The van der Waals surface area contributed by atoms with Gasteiger partial charge < -0.3 is 19.3 Å². The molecule has 1 fully saturated rings. The second kappa shape index (κ2) is 5.14. The summed E-state index contributed by atoms with van der Waals surface area (Å²) in [6.45, 7) is 0.0798. The van der Waals surface area contributed by atoms with Crippen LogP contribution in [0, 0.1) is 0 Å². The SMILES string of the molecule is O=C(O[C@@H]1CCC(F)(F)C1)[C@H](O)c1ccc2c(c1)OCO2. The molecule has 0 aromatic heterocycles. The summed E-state index contributed by atoms with van der Waals surface area (Å²) in [6, 6.07) is 4.54. The zero-order chi connectivity index (χ0) is 15.0. The molecule has 21 heavy (non-hydrogen) atoms. The topological polar surface area (TPSA) is 65.0 Å². The average Bonchev–Trinajstić information content (AvgIpc) is 3.03. The Labute approximate surface area is 119 Å². The zero-order valence-corrected chi connectivity index (χ0v) is 11.1. The van der Waals surface area contributed by atoms with Crippen molar-refractivity contribution in [3.8, 4) is 11.5 Å². The molecular formula is C14H14F2O5. The van der Waals surface area contributed by atoms with Crippen molar-refractivity contribution in [1.82, 2.24) is 0 Å². The van der Waals surface area contributed by atoms with E-state index in [1.54, 1.807) is 6.07 Å². The van der Waals surface area contributed by atoms with Crippen molar-refractivity contribution in [2.75, 3.05) is 6.79 Å². The molecule has 1 aromatic carbocycles. The molecule has 0 spiro atoms. The fraction of sp³-hybridized carbons (Fsp3) is 0.500. The van der Waals surface area contributed by atoms with Crippen LogP contribution in [0.3, 0.4) is 0 Å². The number of aliphatic hydroxyl groups excluding tert-OH is 1. The summed E-state index contributed by atoms with van der Waals surface area (Å²) in [6.07, 6.45) is -3.07. The van der Waals surface area contributed by atoms with E-state index >= 15 is 0 Å². The number of aliphatic hydroxyl groups is 1. The predicted octanol–water partition coefficient (Wildman–Crippen LogP) is 2.18. The molecule has 5 nitrogen and oxygen atoms in total. The lowest BCUT2D eigenvalue weighted by atomic mass is 10.1. The Morgan fingerprint density at radius 2 is 2.14 bits per heavy atom. The molecule has 2 atom stereocenters. The molecule has 2 aliphatic rings. The van der Waals surface area contributed by atoms with Crippen molar-refractivity contribution < 1.29 is 32.9 Å². The van der Waals surface area contributed by atoms with Crippen molar-refractivity contribution in [2.24, 2.45) is 0 Å². The molecule has 1 saturated carbocycles. The van der Waals surface area contributed by atoms with Gasteiger partial charge in [0.1, 0.15) is 6.10 Å². The maximum atomic E-state index is 13.0. The number of rotatable bonds is 3. The number of esters is 1. The molecule has 1 heterocycles. The first-order chi connectivity index (χ1) is 9.94. The Bertz CT molecular complexity index is 560. The lowest BCUT2D eigenvalue weighted by Gasteiger charge is -2.16. The summed E-state index contributed by atoms with van der Waals surface area (Å²) in [5, 5.41) is 9.95. The Hall–Kier alpha value is -1.89. The van der Waals surface area contributed by atoms with E-state index in [2.05, 4.69) is 0 Å². The van der Waals surface area contributed by atoms with Gasteiger partial charge in [0.05, 0.1) is 0 Å². The summed E-state index contributed by atoms with van der Waals surface area (Å²) in [7, 11) is 0. The van der Waals surface area contributed by atoms with Gasteiger partial charge in [-0.15, -0.1) is 0 Å². The van der Waals surface area contributed by atoms with Gasteiger partial charge >= 0.3 is 5.97 Å². The van der Waals surface area contributed by atoms with E-state index in [0.717, 1.165) is 0 Å². The molecule has 0 saturated heterocycles. The third-order valence-electron chi connectivity index (χ3n) is 3.58. The van der Waals surface area contributed by atoms with Crippen LogP contribution in [-0.4, -0.2) is 29.9 Å². The number of hydrogen-bond donors (Lipinski definition) is 1. The fourth-order valence-corrected chi connectivity index (χ4v) is 2.46. The van der Waals surface area contributed by atoms with Gasteiger partial charge in [-0.05, 0) is 24.1 Å². The minimum atomic E-state index is -2.80. The Balaban J connectivity index is 1.65. The average molecular weight is 300 g/mol. The monoisotopic (exact) mass is 300 g/mol. The minimum Gasteiger partial charge on any atom is -0.460 e. The number of carbonyl (C=O) groups excluding carboxylic acids is 1. The van der Waals surface area contributed by atoms with Crippen molar-refractivity contribution >= 4 is 5.97 Å². The number of halogens is 2. The fourth-order valence-electron chi connectivity index (χ4n) is 2.46. The van der Waals surface area contributed by atoms with E-state index in [0.29, 0.717) is 11.5 Å². The zero-order valence-electron chi connectivity index (χ0n) is 11.1. The van der Waals surface area contributed by atoms with Crippen LogP contribution in [0.5, 0.6) is 11.5 Å². The Morgan fingerprint density at radius 1 is 1.38 bits per heavy atom. The molecule has 1 aliphatic carbocycles. The maximum Gasteiger partial charge on any atom is 0.339 e. The first kappa shape index (κ1) is 14.1. The van der Waals surface area contributed by atoms with E-state index in [4.69, 9.17) is 14.2 Å². The minimum absolute atomic E-state index is 0.0798. The van der Waals surface area contributed by atoms with Crippen LogP contribution in [0.4, 0.5) is 8.78 Å². The van der Waals surface area contributed by atoms with Crippen LogP contribution >= 0.6 is 0 Å². The molecule has 1 N–H and O–H groups in total. The van der Waals surface area contributed by atoms with Gasteiger partial charge in [0, 0.05) is 12.8 Å². The molecule has 1 aliphatic heterocycles. The largest absolute Gasteiger partial charge is 0.460 e. The van der Waals surface area contributed by atoms with Gasteiger partial charge in [-0.1, -0.05) is 6.07 Å². The van der Waals surface area contributed by atoms with Crippen LogP contribution in [0.1, 0.15) is 30.9 Å². The molecule has 1 aromatic rings. The third kappa shape index (κ3) is 2.92. The molecule has 0 bridgehead atoms. The summed E-state index contributed by atoms with van der Waals surface area (Å²) >= 11 is 0. The highest BCUT2D eigenvalue weighted by molar-refractivity contribution is 5.76. The lowest BCUT2D eigenvalue weighted by molar-refractivity contribution is -0.160. The van der Waals surface area contributed by atoms with Crippen molar-refractivity contribution in [1.29, 1.82) is 0 Å². The Kier molecular flexibility index (Phi) is 3.44. The van der Waals surface area contributed by atoms with E-state index < -0.39 is 30.5 Å². The van der Waals surface area contributed by atoms with Crippen molar-refractivity contribution in [3.63, 3.8) is 0 Å². The van der Waals surface area contributed by atoms with Gasteiger partial charge in [-0.25, -0.2) is 13.6 Å². The first-order valence-corrected chi connectivity index (χ1v) is 6.60. The van der Waals surface area contributed by atoms with Gasteiger partial charge in [-0.2, -0.15) is 0 Å². The highest BCUT2D eigenvalue weighted by atomic mass is 19.3. The van der Waals surface area contributed by atoms with Gasteiger partial charge in [-0.3, -0.25) is 0 Å². The molecule has 0 unspecified atom stereocenters. The van der Waals surface area contributed by atoms with E-state index in [1.807, 2.05) is 0 Å². The van der Waals surface area contributed by atoms with E-state index in [1.165, 1.54) is 12.1 Å². The standard InChI is InChI=1S/C14H14F2O5/c15-14(16)4-3-9(6-14)21-13(18)12(17)8-1-2-10-11(5-8)20-7-19-10/h1-2,5,9,12,17H,3-4,6-7H2/t9-,12-/m1/s1. The number of alkyl halides is 2. The van der Waals surface area contributed by atoms with E-state index in [9.17, 15) is 18.7 Å². The lowest BCUT2D eigenvalue weighted by Crippen LogP contribution is -2.22. The first-order valence-electron chi connectivity index (χ1n) is 6.60. The summed E-state index contributed by atoms with van der Waals surface area (Å²) < 4.78 is 41.3. The predicted molar refractivity (Wildman–Crippen MR) is 66.2 cm³/mol. The highest BCUT2D eigenvalue weighted by Gasteiger charge is 2.42. The van der Waals surface area contributed by atoms with Crippen LogP contribution in [-0.2, 0) is 9.53 Å². The smallest absolute Gasteiger partial charge is 0.339 e. The second-order valence-electron chi connectivity index (χ2n) is 5.17. The molecule has 3 rings (SSSR count). The summed E-state index contributed by atoms with van der Waals surface area (Å²) in [5.74, 6) is -2.78. The molecule has 114 valence electrons. The van der Waals surface area contributed by atoms with Crippen LogP contribution in [0.25, 0.3) is 0 Å². The molecule has 0 radical (unpaired) electrons. The second-order valence-corrected chi connectivity index (χ2v) is 5.17. The van der Waals surface area contributed by atoms with Crippen LogP contribution < -0.4 is 9.47 Å². The van der Waals surface area contributed by atoms with Crippen molar-refractivity contribution in [2.45, 2.75) is 37.4 Å². The number of ether oxygens (including phenoxy) is 3. The third-order valence-corrected chi connectivity index (χ3v) is 3.58. The van der Waals surface area contributed by atoms with Crippen molar-refractivity contribution in [3.05, 3.63) is 23.8 Å². The number of hydrogen-bond acceptors (Lipinski definition) is 5. The normalized spacial score (nSPS) is 23.9. The summed E-state index contributed by atoms with van der Waals surface area (Å²) in [4.78, 5) is 11.8. The Morgan fingerprint density at radius 3 is 2.86 bits per heavy atom. The summed E-state index contributed by atoms with van der Waals surface area (Å²) in [5.41, 5.74) is 0.272. The van der Waals surface area contributed by atoms with Gasteiger partial charge in [0.25, 0.3) is 5.92 Å². The van der Waals surface area contributed by atoms with Crippen LogP contribution in [0.2, 0.25) is 0 Å². The highest BCUT2D eigenvalue weighted by Crippen LogP contribution is 2.38. The van der Waals surface area contributed by atoms with Gasteiger partial charge in [0.2, 0.25) is 6.79 Å². The number of carbonyl (C=O) groups is 1. The maximum absolute atomic E-state index is 13.0. The van der Waals surface area contributed by atoms with E-state index in [-0.39, 0.29) is 25.2 Å². The van der Waals surface area contributed by atoms with Gasteiger partial charge in [0.15, 0.2) is 17.6 Å².